The van der Waals surface area contributed by atoms with E-state index in [0.717, 1.165) is 8.61 Å². The van der Waals surface area contributed by atoms with Crippen LogP contribution in [0.25, 0.3) is 0 Å². The second-order valence-corrected chi connectivity index (χ2v) is 6.53. The van der Waals surface area contributed by atoms with Crippen molar-refractivity contribution in [1.29, 1.82) is 0 Å². The molecule has 8 nitrogen and oxygen atoms in total. The molecule has 0 aromatic heterocycles. The van der Waals surface area contributed by atoms with Gasteiger partial charge in [0.25, 0.3) is 10.2 Å². The van der Waals surface area contributed by atoms with Gasteiger partial charge in [-0.1, -0.05) is 12.2 Å². The van der Waals surface area contributed by atoms with E-state index in [2.05, 4.69) is 10.6 Å². The standard InChI is InChI=1S/C12H22N4O4S/c1-9(11(17)13-3)15-7-5-6-8-16(21(15,19)20)10(2)12(18)14-4/h5-6,9-10H,7-8H2,1-4H3,(H,13,17)(H,14,18). The number of carbonyl (C=O) groups is 2. The Kier molecular flexibility index (Phi) is 5.87. The third-order valence-electron chi connectivity index (χ3n) is 3.45. The first-order valence-electron chi connectivity index (χ1n) is 6.64. The monoisotopic (exact) mass is 318 g/mol. The number of nitrogens with one attached hydrogen (secondary N) is 2. The molecule has 120 valence electrons. The number of nitrogens with zero attached hydrogens (tertiary/aromatic N) is 2. The predicted molar refractivity (Wildman–Crippen MR) is 78.5 cm³/mol. The first kappa shape index (κ1) is 17.6. The van der Waals surface area contributed by atoms with Crippen LogP contribution in [0.5, 0.6) is 0 Å². The number of rotatable bonds is 4. The molecule has 0 aliphatic carbocycles. The average molecular weight is 318 g/mol. The van der Waals surface area contributed by atoms with Gasteiger partial charge >= 0.3 is 0 Å². The Balaban J connectivity index is 3.16. The van der Waals surface area contributed by atoms with Crippen molar-refractivity contribution in [3.63, 3.8) is 0 Å². The molecule has 0 aromatic rings. The average Bonchev–Trinajstić information content (AvgIpc) is 2.61. The van der Waals surface area contributed by atoms with Crippen molar-refractivity contribution in [2.45, 2.75) is 25.9 Å². The quantitative estimate of drug-likeness (QED) is 0.628. The van der Waals surface area contributed by atoms with E-state index in [9.17, 15) is 18.0 Å². The predicted octanol–water partition coefficient (Wildman–Crippen LogP) is -1.33. The van der Waals surface area contributed by atoms with Crippen LogP contribution in [0.15, 0.2) is 12.2 Å². The lowest BCUT2D eigenvalue weighted by molar-refractivity contribution is -0.123. The molecule has 1 aliphatic rings. The molecule has 2 atom stereocenters. The van der Waals surface area contributed by atoms with Crippen LogP contribution in [0.2, 0.25) is 0 Å². The maximum atomic E-state index is 12.7. The highest BCUT2D eigenvalue weighted by Crippen LogP contribution is 2.18. The maximum absolute atomic E-state index is 12.7. The van der Waals surface area contributed by atoms with Crippen molar-refractivity contribution >= 4 is 22.0 Å². The summed E-state index contributed by atoms with van der Waals surface area (Å²) >= 11 is 0. The minimum absolute atomic E-state index is 0.0912. The van der Waals surface area contributed by atoms with Crippen molar-refractivity contribution < 1.29 is 18.0 Å². The van der Waals surface area contributed by atoms with Gasteiger partial charge in [0.05, 0.1) is 0 Å². The van der Waals surface area contributed by atoms with Crippen molar-refractivity contribution in [2.24, 2.45) is 0 Å². The van der Waals surface area contributed by atoms with Crippen LogP contribution >= 0.6 is 0 Å². The maximum Gasteiger partial charge on any atom is 0.284 e. The molecule has 1 heterocycles. The second-order valence-electron chi connectivity index (χ2n) is 4.70. The first-order chi connectivity index (χ1) is 9.77. The van der Waals surface area contributed by atoms with Crippen LogP contribution in [0, 0.1) is 0 Å². The number of likely N-dealkylation sites (N-methyl/N-ethyl adjacent to an activating group) is 2. The zero-order valence-corrected chi connectivity index (χ0v) is 13.5. The summed E-state index contributed by atoms with van der Waals surface area (Å²) in [5.74, 6) is -0.803. The highest BCUT2D eigenvalue weighted by atomic mass is 32.2. The number of hydrogen-bond acceptors (Lipinski definition) is 4. The fourth-order valence-corrected chi connectivity index (χ4v) is 3.88. The van der Waals surface area contributed by atoms with Gasteiger partial charge in [0, 0.05) is 27.2 Å². The molecule has 0 aromatic carbocycles. The van der Waals surface area contributed by atoms with Crippen LogP contribution < -0.4 is 10.6 Å². The van der Waals surface area contributed by atoms with Crippen LogP contribution in [0.4, 0.5) is 0 Å². The molecule has 2 amide bonds. The molecule has 1 rings (SSSR count). The first-order valence-corrected chi connectivity index (χ1v) is 8.03. The van der Waals surface area contributed by atoms with Gasteiger partial charge in [-0.25, -0.2) is 0 Å². The minimum Gasteiger partial charge on any atom is -0.358 e. The topological polar surface area (TPSA) is 98.8 Å². The van der Waals surface area contributed by atoms with E-state index < -0.39 is 34.1 Å². The van der Waals surface area contributed by atoms with Gasteiger partial charge in [-0.05, 0) is 13.8 Å². The Morgan fingerprint density at radius 1 is 0.952 bits per heavy atom. The largest absolute Gasteiger partial charge is 0.358 e. The smallest absolute Gasteiger partial charge is 0.284 e. The van der Waals surface area contributed by atoms with Crippen molar-refractivity contribution in [2.75, 3.05) is 27.2 Å². The Morgan fingerprint density at radius 2 is 1.29 bits per heavy atom. The normalized spacial score (nSPS) is 22.1. The van der Waals surface area contributed by atoms with Crippen LogP contribution in [-0.2, 0) is 19.8 Å². The fourth-order valence-electron chi connectivity index (χ4n) is 2.08. The minimum atomic E-state index is -3.93. The molecule has 2 unspecified atom stereocenters. The van der Waals surface area contributed by atoms with E-state index in [1.165, 1.54) is 27.9 Å². The van der Waals surface area contributed by atoms with E-state index in [1.54, 1.807) is 12.2 Å². The molecule has 0 bridgehead atoms. The van der Waals surface area contributed by atoms with Gasteiger partial charge in [0.15, 0.2) is 0 Å². The zero-order chi connectivity index (χ0) is 16.2. The van der Waals surface area contributed by atoms with Crippen LogP contribution in [-0.4, -0.2) is 68.1 Å². The number of carbonyl (C=O) groups excluding carboxylic acids is 2. The van der Waals surface area contributed by atoms with E-state index >= 15 is 0 Å². The van der Waals surface area contributed by atoms with E-state index in [-0.39, 0.29) is 13.1 Å². The summed E-state index contributed by atoms with van der Waals surface area (Å²) in [5.41, 5.74) is 0. The number of hydrogen-bond donors (Lipinski definition) is 2. The molecule has 2 N–H and O–H groups in total. The number of amides is 2. The van der Waals surface area contributed by atoms with Gasteiger partial charge in [0.2, 0.25) is 11.8 Å². The Labute approximate surface area is 125 Å². The molecule has 0 fully saturated rings. The summed E-state index contributed by atoms with van der Waals surface area (Å²) in [7, 11) is -1.03. The van der Waals surface area contributed by atoms with Crippen LogP contribution in [0.1, 0.15) is 13.8 Å². The fraction of sp³-hybridized carbons (Fsp3) is 0.667. The Hall–Kier alpha value is -1.45. The van der Waals surface area contributed by atoms with Gasteiger partial charge in [-0.3, -0.25) is 9.59 Å². The zero-order valence-electron chi connectivity index (χ0n) is 12.7. The SMILES string of the molecule is CNC(=O)C(C)N1CC=CCN(C(C)C(=O)NC)S1(=O)=O. The van der Waals surface area contributed by atoms with Crippen molar-refractivity contribution in [3.8, 4) is 0 Å². The van der Waals surface area contributed by atoms with E-state index in [4.69, 9.17) is 0 Å². The molecule has 0 spiro atoms. The molecular formula is C12H22N4O4S. The summed E-state index contributed by atoms with van der Waals surface area (Å²) in [6.07, 6.45) is 3.35. The van der Waals surface area contributed by atoms with E-state index in [1.807, 2.05) is 0 Å². The van der Waals surface area contributed by atoms with Gasteiger partial charge in [-0.15, -0.1) is 0 Å². The highest BCUT2D eigenvalue weighted by Gasteiger charge is 2.39. The summed E-state index contributed by atoms with van der Waals surface area (Å²) in [4.78, 5) is 23.5. The Bertz CT molecular complexity index is 491. The second kappa shape index (κ2) is 7.01. The van der Waals surface area contributed by atoms with Crippen molar-refractivity contribution in [1.82, 2.24) is 19.2 Å². The lowest BCUT2D eigenvalue weighted by Crippen LogP contribution is -2.55. The highest BCUT2D eigenvalue weighted by molar-refractivity contribution is 7.86. The lowest BCUT2D eigenvalue weighted by atomic mass is 10.3. The lowest BCUT2D eigenvalue weighted by Gasteiger charge is -2.32. The molecular weight excluding hydrogens is 296 g/mol. The molecule has 0 saturated heterocycles. The molecule has 0 radical (unpaired) electrons. The van der Waals surface area contributed by atoms with Gasteiger partial charge in [-0.2, -0.15) is 17.0 Å². The Morgan fingerprint density at radius 3 is 1.57 bits per heavy atom. The molecule has 9 heteroatoms. The third-order valence-corrected chi connectivity index (χ3v) is 5.56. The summed E-state index contributed by atoms with van der Waals surface area (Å²) < 4.78 is 27.6. The molecule has 1 aliphatic heterocycles. The summed E-state index contributed by atoms with van der Waals surface area (Å²) in [6, 6.07) is -1.72. The summed E-state index contributed by atoms with van der Waals surface area (Å²) in [5, 5.41) is 4.86. The van der Waals surface area contributed by atoms with Crippen LogP contribution in [0.3, 0.4) is 0 Å². The third kappa shape index (κ3) is 3.60. The summed E-state index contributed by atoms with van der Waals surface area (Å²) in [6.45, 7) is 3.21. The van der Waals surface area contributed by atoms with Gasteiger partial charge in [0.1, 0.15) is 12.1 Å². The molecule has 21 heavy (non-hydrogen) atoms. The molecule has 0 saturated carbocycles. The van der Waals surface area contributed by atoms with E-state index in [0.29, 0.717) is 0 Å². The van der Waals surface area contributed by atoms with Crippen molar-refractivity contribution in [3.05, 3.63) is 12.2 Å². The van der Waals surface area contributed by atoms with Gasteiger partial charge < -0.3 is 10.6 Å².